The summed E-state index contributed by atoms with van der Waals surface area (Å²) in [4.78, 5) is 77.2. The first-order valence-corrected chi connectivity index (χ1v) is 19.1. The number of aliphatic hydroxyl groups excluding tert-OH is 1. The van der Waals surface area contributed by atoms with Gasteiger partial charge in [-0.1, -0.05) is 67.9 Å². The largest absolute Gasteiger partial charge is 0.460 e. The van der Waals surface area contributed by atoms with Crippen LogP contribution in [0.25, 0.3) is 0 Å². The number of rotatable bonds is 2. The van der Waals surface area contributed by atoms with E-state index in [9.17, 15) is 29.1 Å². The van der Waals surface area contributed by atoms with Crippen LogP contribution in [0.15, 0.2) is 16.6 Å². The van der Waals surface area contributed by atoms with E-state index < -0.39 is 59.5 Å². The van der Waals surface area contributed by atoms with E-state index in [1.54, 1.807) is 53.6 Å². The highest BCUT2D eigenvalue weighted by molar-refractivity contribution is 8.14. The standard InChI is InChI=1S/C38H64N4O7S/c1-15-22(3)32-36(47)41(13)27(8)37(48)49-31(38(9,10)11)17-21(2)16-30(44)25(6)33-39-28(20-50-33)18-23(4)29(43)19-24(5)34(45)40(12)26(7)35(46)42(32)14/h18,21-22,24-28,30-32,44H,15-17,19-20H2,1-14H3/b23-18+/t21-,22-,24+,25+,26-,27-,28-,30-,31-,32-/m0/s1. The van der Waals surface area contributed by atoms with Crippen LogP contribution in [-0.2, 0) is 28.7 Å². The van der Waals surface area contributed by atoms with E-state index in [1.807, 2.05) is 54.5 Å². The summed E-state index contributed by atoms with van der Waals surface area (Å²) >= 11 is 1.58. The molecular formula is C38H64N4O7S. The molecule has 3 amide bonds. The van der Waals surface area contributed by atoms with E-state index in [2.05, 4.69) is 0 Å². The SMILES string of the molecule is CC[C@H](C)[C@H]1C(=O)N(C)[C@@H](C)C(=O)O[C@H](C(C)(C)C)C[C@@H](C)C[C@H](O)[C@@H](C)C2=N[C@@H](/C=C(\C)C(=O)C[C@@H](C)C(=O)N(C)[C@@H](C)C(=O)N1C)CS2. The number of thioether (sulfide) groups is 1. The highest BCUT2D eigenvalue weighted by Gasteiger charge is 2.40. The zero-order valence-corrected chi connectivity index (χ0v) is 33.8. The van der Waals surface area contributed by atoms with Crippen LogP contribution >= 0.6 is 11.8 Å². The average Bonchev–Trinajstić information content (AvgIpc) is 3.52. The smallest absolute Gasteiger partial charge is 0.328 e. The first-order chi connectivity index (χ1) is 23.0. The fourth-order valence-corrected chi connectivity index (χ4v) is 7.56. The molecular weight excluding hydrogens is 657 g/mol. The summed E-state index contributed by atoms with van der Waals surface area (Å²) in [6.45, 7) is 20.4. The number of hydrogen-bond acceptors (Lipinski definition) is 9. The van der Waals surface area contributed by atoms with Gasteiger partial charge in [-0.25, -0.2) is 4.79 Å². The number of amides is 3. The number of carbonyl (C=O) groups is 5. The van der Waals surface area contributed by atoms with Crippen molar-refractivity contribution in [1.82, 2.24) is 14.7 Å². The predicted octanol–water partition coefficient (Wildman–Crippen LogP) is 4.99. The third kappa shape index (κ3) is 10.9. The van der Waals surface area contributed by atoms with Crippen molar-refractivity contribution in [2.24, 2.45) is 34.1 Å². The van der Waals surface area contributed by atoms with Crippen molar-refractivity contribution in [3.63, 3.8) is 0 Å². The fourth-order valence-electron chi connectivity index (χ4n) is 6.42. The van der Waals surface area contributed by atoms with Crippen LogP contribution in [-0.4, -0.2) is 118 Å². The molecule has 1 N–H and O–H groups in total. The van der Waals surface area contributed by atoms with E-state index in [0.717, 1.165) is 5.04 Å². The first kappa shape index (κ1) is 43.4. The van der Waals surface area contributed by atoms with Crippen LogP contribution in [0.3, 0.4) is 0 Å². The van der Waals surface area contributed by atoms with Gasteiger partial charge in [-0.3, -0.25) is 24.2 Å². The number of fused-ring (bicyclic) bond motifs is 1. The summed E-state index contributed by atoms with van der Waals surface area (Å²) in [7, 11) is 4.63. The van der Waals surface area contributed by atoms with Crippen LogP contribution < -0.4 is 0 Å². The summed E-state index contributed by atoms with van der Waals surface area (Å²) in [5.74, 6) is -2.36. The Morgan fingerprint density at radius 3 is 2.06 bits per heavy atom. The van der Waals surface area contributed by atoms with Gasteiger partial charge in [0.25, 0.3) is 0 Å². The quantitative estimate of drug-likeness (QED) is 0.394. The number of allylic oxidation sites excluding steroid dienone is 1. The molecule has 12 heteroatoms. The zero-order valence-electron chi connectivity index (χ0n) is 33.0. The maximum absolute atomic E-state index is 14.1. The minimum atomic E-state index is -0.930. The van der Waals surface area contributed by atoms with Crippen LogP contribution in [0.2, 0.25) is 0 Å². The fraction of sp³-hybridized carbons (Fsp3) is 0.789. The Morgan fingerprint density at radius 1 is 0.920 bits per heavy atom. The average molecular weight is 721 g/mol. The van der Waals surface area contributed by atoms with Gasteiger partial charge in [0.05, 0.1) is 17.2 Å². The van der Waals surface area contributed by atoms with E-state index in [-0.39, 0.29) is 41.9 Å². The highest BCUT2D eigenvalue weighted by Crippen LogP contribution is 2.33. The van der Waals surface area contributed by atoms with Crippen molar-refractivity contribution < 1.29 is 33.8 Å². The molecule has 50 heavy (non-hydrogen) atoms. The van der Waals surface area contributed by atoms with E-state index >= 15 is 0 Å². The van der Waals surface area contributed by atoms with Crippen molar-refractivity contribution in [2.75, 3.05) is 26.9 Å². The molecule has 2 heterocycles. The van der Waals surface area contributed by atoms with Crippen molar-refractivity contribution >= 4 is 46.3 Å². The van der Waals surface area contributed by atoms with E-state index in [4.69, 9.17) is 9.73 Å². The monoisotopic (exact) mass is 720 g/mol. The highest BCUT2D eigenvalue weighted by atomic mass is 32.2. The van der Waals surface area contributed by atoms with E-state index in [1.165, 1.54) is 21.7 Å². The summed E-state index contributed by atoms with van der Waals surface area (Å²) in [5.41, 5.74) is 0.116. The normalized spacial score (nSPS) is 34.4. The first-order valence-electron chi connectivity index (χ1n) is 18.1. The topological polar surface area (TPSA) is 137 Å². The number of likely N-dealkylation sites (N-methyl/N-ethyl adjacent to an activating group) is 3. The molecule has 0 aromatic rings. The lowest BCUT2D eigenvalue weighted by molar-refractivity contribution is -0.166. The second-order valence-corrected chi connectivity index (χ2v) is 17.0. The number of ketones is 1. The Bertz CT molecular complexity index is 1310. The van der Waals surface area contributed by atoms with Gasteiger partial charge in [0.2, 0.25) is 17.7 Å². The molecule has 0 radical (unpaired) electrons. The van der Waals surface area contributed by atoms with Crippen LogP contribution in [0.1, 0.15) is 102 Å². The maximum atomic E-state index is 14.1. The zero-order chi connectivity index (χ0) is 38.4. The van der Waals surface area contributed by atoms with Crippen molar-refractivity contribution in [2.45, 2.75) is 138 Å². The van der Waals surface area contributed by atoms with Gasteiger partial charge >= 0.3 is 5.97 Å². The van der Waals surface area contributed by atoms with Gasteiger partial charge < -0.3 is 24.5 Å². The number of aliphatic hydroxyl groups is 1. The second kappa shape index (κ2) is 18.2. The molecule has 0 aliphatic carbocycles. The molecule has 2 aliphatic heterocycles. The van der Waals surface area contributed by atoms with Crippen LogP contribution in [0.5, 0.6) is 0 Å². The lowest BCUT2D eigenvalue weighted by Gasteiger charge is -2.39. The Labute approximate surface area is 305 Å². The number of nitrogens with zero attached hydrogens (tertiary/aromatic N) is 4. The van der Waals surface area contributed by atoms with Gasteiger partial charge in [-0.2, -0.15) is 0 Å². The Balaban J connectivity index is 2.53. The van der Waals surface area contributed by atoms with Gasteiger partial charge in [-0.05, 0) is 56.4 Å². The molecule has 2 rings (SSSR count). The number of aliphatic imine (C=N–C) groups is 1. The number of carbonyl (C=O) groups excluding carboxylic acids is 5. The lowest BCUT2D eigenvalue weighted by atomic mass is 9.81. The molecule has 2 bridgehead atoms. The number of cyclic esters (lactones) is 1. The summed E-state index contributed by atoms with van der Waals surface area (Å²) < 4.78 is 6.12. The van der Waals surface area contributed by atoms with Gasteiger partial charge in [0, 0.05) is 45.2 Å². The molecule has 11 nitrogen and oxygen atoms in total. The molecule has 0 fully saturated rings. The van der Waals surface area contributed by atoms with Crippen molar-refractivity contribution in [1.29, 1.82) is 0 Å². The Kier molecular flexibility index (Phi) is 15.8. The molecule has 10 atom stereocenters. The maximum Gasteiger partial charge on any atom is 0.328 e. The van der Waals surface area contributed by atoms with Crippen LogP contribution in [0.4, 0.5) is 0 Å². The number of Topliss-reactive ketones (excluding diaryl/α,β-unsaturated/α-hetero) is 1. The third-order valence-corrected chi connectivity index (χ3v) is 12.0. The number of esters is 1. The minimum absolute atomic E-state index is 0.00968. The summed E-state index contributed by atoms with van der Waals surface area (Å²) in [6, 6.07) is -2.94. The van der Waals surface area contributed by atoms with Crippen LogP contribution in [0, 0.1) is 29.1 Å². The van der Waals surface area contributed by atoms with E-state index in [0.29, 0.717) is 30.6 Å². The minimum Gasteiger partial charge on any atom is -0.460 e. The van der Waals surface area contributed by atoms with Gasteiger partial charge in [-0.15, -0.1) is 11.8 Å². The predicted molar refractivity (Wildman–Crippen MR) is 200 cm³/mol. The van der Waals surface area contributed by atoms with Crippen molar-refractivity contribution in [3.8, 4) is 0 Å². The lowest BCUT2D eigenvalue weighted by Crippen LogP contribution is -2.58. The number of ether oxygens (including phenoxy) is 1. The Hall–Kier alpha value is -2.73. The molecule has 0 aromatic heterocycles. The summed E-state index contributed by atoms with van der Waals surface area (Å²) in [6.07, 6.45) is 2.26. The van der Waals surface area contributed by atoms with Gasteiger partial charge in [0.15, 0.2) is 5.78 Å². The molecule has 0 saturated heterocycles. The molecule has 2 aliphatic rings. The number of hydrogen-bond donors (Lipinski definition) is 1. The molecule has 0 unspecified atom stereocenters. The van der Waals surface area contributed by atoms with Gasteiger partial charge in [0.1, 0.15) is 24.2 Å². The second-order valence-electron chi connectivity index (χ2n) is 16.0. The third-order valence-electron chi connectivity index (χ3n) is 10.7. The Morgan fingerprint density at radius 2 is 1.50 bits per heavy atom. The molecule has 0 spiro atoms. The molecule has 0 aromatic carbocycles. The van der Waals surface area contributed by atoms with Crippen molar-refractivity contribution in [3.05, 3.63) is 11.6 Å². The summed E-state index contributed by atoms with van der Waals surface area (Å²) in [5, 5.41) is 12.1. The molecule has 0 saturated carbocycles. The molecule has 284 valence electrons.